The second kappa shape index (κ2) is 13.1. The zero-order valence-corrected chi connectivity index (χ0v) is 24.0. The average molecular weight is 542 g/mol. The van der Waals surface area contributed by atoms with E-state index in [9.17, 15) is 19.2 Å². The van der Waals surface area contributed by atoms with Gasteiger partial charge in [0.1, 0.15) is 17.4 Å². The smallest absolute Gasteiger partial charge is 0.306 e. The van der Waals surface area contributed by atoms with Gasteiger partial charge in [0.05, 0.1) is 6.61 Å². The van der Waals surface area contributed by atoms with Gasteiger partial charge >= 0.3 is 5.97 Å². The largest absolute Gasteiger partial charge is 0.493 e. The summed E-state index contributed by atoms with van der Waals surface area (Å²) in [5, 5.41) is 2.72. The Bertz CT molecular complexity index is 1070. The van der Waals surface area contributed by atoms with Crippen molar-refractivity contribution in [1.29, 1.82) is 0 Å². The molecule has 1 atom stereocenters. The molecular formula is C30H43N3O6. The van der Waals surface area contributed by atoms with Crippen LogP contribution in [-0.4, -0.2) is 77.9 Å². The lowest BCUT2D eigenvalue weighted by molar-refractivity contribution is -0.155. The molecule has 2 fully saturated rings. The number of esters is 1. The Balaban J connectivity index is 1.54. The second-order valence-corrected chi connectivity index (χ2v) is 11.5. The minimum absolute atomic E-state index is 0.0325. The van der Waals surface area contributed by atoms with E-state index in [-0.39, 0.29) is 36.0 Å². The first-order valence-electron chi connectivity index (χ1n) is 13.9. The van der Waals surface area contributed by atoms with Crippen LogP contribution in [0.5, 0.6) is 5.75 Å². The number of nitrogens with zero attached hydrogens (tertiary/aromatic N) is 2. The van der Waals surface area contributed by atoms with Crippen molar-refractivity contribution in [2.75, 3.05) is 32.8 Å². The van der Waals surface area contributed by atoms with Crippen molar-refractivity contribution in [1.82, 2.24) is 15.1 Å². The molecule has 1 unspecified atom stereocenters. The number of hydrogen-bond donors (Lipinski definition) is 1. The molecule has 1 aromatic rings. The maximum atomic E-state index is 13.3. The van der Waals surface area contributed by atoms with Crippen LogP contribution < -0.4 is 10.1 Å². The van der Waals surface area contributed by atoms with Crippen LogP contribution in [0.1, 0.15) is 72.3 Å². The van der Waals surface area contributed by atoms with E-state index in [1.54, 1.807) is 37.8 Å². The Morgan fingerprint density at radius 1 is 1.05 bits per heavy atom. The first-order valence-corrected chi connectivity index (χ1v) is 13.9. The predicted molar refractivity (Wildman–Crippen MR) is 149 cm³/mol. The number of para-hydroxylation sites is 1. The van der Waals surface area contributed by atoms with Gasteiger partial charge in [0, 0.05) is 51.2 Å². The maximum Gasteiger partial charge on any atom is 0.306 e. The van der Waals surface area contributed by atoms with Crippen LogP contribution in [0.25, 0.3) is 6.08 Å². The van der Waals surface area contributed by atoms with Gasteiger partial charge in [-0.3, -0.25) is 19.2 Å². The van der Waals surface area contributed by atoms with Crippen LogP contribution >= 0.6 is 0 Å². The number of benzene rings is 1. The zero-order valence-electron chi connectivity index (χ0n) is 24.0. The normalized spacial score (nSPS) is 17.8. The predicted octanol–water partition coefficient (Wildman–Crippen LogP) is 3.57. The van der Waals surface area contributed by atoms with Crippen molar-refractivity contribution in [2.45, 2.75) is 78.4 Å². The molecule has 0 radical (unpaired) electrons. The molecule has 3 rings (SSSR count). The van der Waals surface area contributed by atoms with Gasteiger partial charge in [-0.25, -0.2) is 0 Å². The SMILES string of the molecule is CCOc1ccccc1C=CC(=O)N1CCC2(CC1)CCN(C(=O)C(CCC(=O)OC(C)(C)C)NC(C)=O)C2. The van der Waals surface area contributed by atoms with Crippen molar-refractivity contribution in [2.24, 2.45) is 5.41 Å². The summed E-state index contributed by atoms with van der Waals surface area (Å²) in [5.41, 5.74) is 0.224. The van der Waals surface area contributed by atoms with Crippen molar-refractivity contribution >= 4 is 29.8 Å². The Morgan fingerprint density at radius 2 is 1.69 bits per heavy atom. The van der Waals surface area contributed by atoms with Crippen LogP contribution in [0.2, 0.25) is 0 Å². The van der Waals surface area contributed by atoms with E-state index in [0.717, 1.165) is 30.6 Å². The summed E-state index contributed by atoms with van der Waals surface area (Å²) in [6.45, 7) is 11.7. The van der Waals surface area contributed by atoms with E-state index in [1.165, 1.54) is 6.92 Å². The van der Waals surface area contributed by atoms with Crippen molar-refractivity contribution in [3.63, 3.8) is 0 Å². The molecule has 0 saturated carbocycles. The lowest BCUT2D eigenvalue weighted by Crippen LogP contribution is -2.49. The van der Waals surface area contributed by atoms with Crippen molar-refractivity contribution < 1.29 is 28.7 Å². The van der Waals surface area contributed by atoms with E-state index < -0.39 is 17.6 Å². The Hall–Kier alpha value is -3.36. The fraction of sp³-hybridized carbons (Fsp3) is 0.600. The van der Waals surface area contributed by atoms with Gasteiger partial charge in [-0.15, -0.1) is 0 Å². The molecule has 2 saturated heterocycles. The second-order valence-electron chi connectivity index (χ2n) is 11.5. The molecular weight excluding hydrogens is 498 g/mol. The molecule has 9 nitrogen and oxygen atoms in total. The molecule has 39 heavy (non-hydrogen) atoms. The minimum atomic E-state index is -0.767. The molecule has 2 heterocycles. The summed E-state index contributed by atoms with van der Waals surface area (Å²) in [6, 6.07) is 6.86. The van der Waals surface area contributed by atoms with E-state index in [1.807, 2.05) is 36.1 Å². The van der Waals surface area contributed by atoms with Gasteiger partial charge < -0.3 is 24.6 Å². The van der Waals surface area contributed by atoms with Crippen molar-refractivity contribution in [3.8, 4) is 5.75 Å². The molecule has 0 aromatic heterocycles. The maximum absolute atomic E-state index is 13.3. The minimum Gasteiger partial charge on any atom is -0.493 e. The molecule has 1 N–H and O–H groups in total. The molecule has 3 amide bonds. The molecule has 9 heteroatoms. The molecule has 2 aliphatic rings. The van der Waals surface area contributed by atoms with Gasteiger partial charge in [-0.05, 0) is 70.9 Å². The van der Waals surface area contributed by atoms with Gasteiger partial charge in [-0.2, -0.15) is 0 Å². The molecule has 0 bridgehead atoms. The van der Waals surface area contributed by atoms with Gasteiger partial charge in [0.15, 0.2) is 0 Å². The first-order chi connectivity index (χ1) is 18.4. The number of ether oxygens (including phenoxy) is 2. The topological polar surface area (TPSA) is 105 Å². The van der Waals surface area contributed by atoms with E-state index >= 15 is 0 Å². The highest BCUT2D eigenvalue weighted by molar-refractivity contribution is 5.92. The lowest BCUT2D eigenvalue weighted by atomic mass is 9.77. The van der Waals surface area contributed by atoms with Crippen LogP contribution in [0.4, 0.5) is 0 Å². The summed E-state index contributed by atoms with van der Waals surface area (Å²) in [4.78, 5) is 53.9. The third-order valence-corrected chi connectivity index (χ3v) is 7.24. The average Bonchev–Trinajstić information content (AvgIpc) is 3.28. The van der Waals surface area contributed by atoms with E-state index in [2.05, 4.69) is 5.32 Å². The zero-order chi connectivity index (χ0) is 28.6. The molecule has 1 aromatic carbocycles. The van der Waals surface area contributed by atoms with Gasteiger partial charge in [0.2, 0.25) is 17.7 Å². The third kappa shape index (κ3) is 8.83. The highest BCUT2D eigenvalue weighted by Crippen LogP contribution is 2.40. The van der Waals surface area contributed by atoms with Gasteiger partial charge in [-0.1, -0.05) is 18.2 Å². The Kier molecular flexibility index (Phi) is 10.2. The number of carbonyl (C=O) groups excluding carboxylic acids is 4. The standard InChI is InChI=1S/C30H43N3O6/c1-6-38-25-10-8-7-9-23(25)11-13-26(35)32-18-15-30(16-19-32)17-20-33(21-30)28(37)24(31-22(2)34)12-14-27(36)39-29(3,4)5/h7-11,13,24H,6,12,14-21H2,1-5H3,(H,31,34). The first kappa shape index (κ1) is 30.2. The quantitative estimate of drug-likeness (QED) is 0.379. The Morgan fingerprint density at radius 3 is 2.31 bits per heavy atom. The number of amides is 3. The number of nitrogens with one attached hydrogen (secondary N) is 1. The third-order valence-electron chi connectivity index (χ3n) is 7.24. The summed E-state index contributed by atoms with van der Waals surface area (Å²) < 4.78 is 11.0. The molecule has 214 valence electrons. The molecule has 1 spiro atoms. The summed E-state index contributed by atoms with van der Waals surface area (Å²) in [7, 11) is 0. The molecule has 0 aliphatic carbocycles. The number of rotatable bonds is 9. The van der Waals surface area contributed by atoms with E-state index in [4.69, 9.17) is 9.47 Å². The van der Waals surface area contributed by atoms with Crippen LogP contribution in [0.15, 0.2) is 30.3 Å². The van der Waals surface area contributed by atoms with Crippen LogP contribution in [-0.2, 0) is 23.9 Å². The number of likely N-dealkylation sites (tertiary alicyclic amines) is 2. The van der Waals surface area contributed by atoms with Crippen molar-refractivity contribution in [3.05, 3.63) is 35.9 Å². The van der Waals surface area contributed by atoms with Crippen LogP contribution in [0.3, 0.4) is 0 Å². The highest BCUT2D eigenvalue weighted by atomic mass is 16.6. The lowest BCUT2D eigenvalue weighted by Gasteiger charge is -2.39. The monoisotopic (exact) mass is 541 g/mol. The molecule has 2 aliphatic heterocycles. The number of piperidine rings is 1. The van der Waals surface area contributed by atoms with Gasteiger partial charge in [0.25, 0.3) is 0 Å². The summed E-state index contributed by atoms with van der Waals surface area (Å²) >= 11 is 0. The summed E-state index contributed by atoms with van der Waals surface area (Å²) in [5.74, 6) is -0.151. The van der Waals surface area contributed by atoms with Crippen LogP contribution in [0, 0.1) is 5.41 Å². The Labute approximate surface area is 231 Å². The number of hydrogen-bond acceptors (Lipinski definition) is 6. The fourth-order valence-corrected chi connectivity index (χ4v) is 5.28. The highest BCUT2D eigenvalue weighted by Gasteiger charge is 2.43. The van der Waals surface area contributed by atoms with E-state index in [0.29, 0.717) is 32.8 Å². The fourth-order valence-electron chi connectivity index (χ4n) is 5.28. The summed E-state index contributed by atoms with van der Waals surface area (Å²) in [6.07, 6.45) is 6.13. The number of carbonyl (C=O) groups is 4.